The Morgan fingerprint density at radius 3 is 2.71 bits per heavy atom. The number of ether oxygens (including phenoxy) is 2. The third-order valence-corrected chi connectivity index (χ3v) is 5.31. The van der Waals surface area contributed by atoms with Gasteiger partial charge in [-0.1, -0.05) is 54.2 Å². The van der Waals surface area contributed by atoms with E-state index in [9.17, 15) is 4.79 Å². The third kappa shape index (κ3) is 4.12. The number of fused-ring (bicyclic) bond motifs is 1. The number of amides is 1. The number of thioether (sulfide) groups is 1. The summed E-state index contributed by atoms with van der Waals surface area (Å²) in [4.78, 5) is 12.2. The summed E-state index contributed by atoms with van der Waals surface area (Å²) in [6, 6.07) is 17.4. The van der Waals surface area contributed by atoms with Gasteiger partial charge in [0.25, 0.3) is 0 Å². The predicted molar refractivity (Wildman–Crippen MR) is 107 cm³/mol. The van der Waals surface area contributed by atoms with E-state index < -0.39 is 0 Å². The Kier molecular flexibility index (Phi) is 5.48. The minimum atomic E-state index is -0.205. The number of hydrogen-bond donors (Lipinski definition) is 1. The monoisotopic (exact) mass is 396 g/mol. The minimum absolute atomic E-state index is 0.0864. The van der Waals surface area contributed by atoms with Crippen LogP contribution >= 0.6 is 11.8 Å². The van der Waals surface area contributed by atoms with Gasteiger partial charge in [0.15, 0.2) is 22.5 Å². The smallest absolute Gasteiger partial charge is 0.230 e. The van der Waals surface area contributed by atoms with Crippen molar-refractivity contribution in [2.24, 2.45) is 7.05 Å². The number of benzene rings is 2. The molecule has 8 heteroatoms. The van der Waals surface area contributed by atoms with E-state index in [2.05, 4.69) is 15.5 Å². The first-order valence-corrected chi connectivity index (χ1v) is 9.92. The van der Waals surface area contributed by atoms with Crippen LogP contribution in [0.2, 0.25) is 0 Å². The van der Waals surface area contributed by atoms with Gasteiger partial charge in [-0.2, -0.15) is 0 Å². The first-order valence-electron chi connectivity index (χ1n) is 8.93. The molecular weight excluding hydrogens is 376 g/mol. The number of carbonyl (C=O) groups is 1. The molecule has 0 spiro atoms. The number of hydrogen-bond acceptors (Lipinski definition) is 6. The molecule has 0 unspecified atom stereocenters. The Hall–Kier alpha value is -3.00. The maximum absolute atomic E-state index is 12.2. The maximum Gasteiger partial charge on any atom is 0.230 e. The van der Waals surface area contributed by atoms with Crippen molar-refractivity contribution < 1.29 is 14.3 Å². The number of rotatable bonds is 6. The average Bonchev–Trinajstić information content (AvgIpc) is 3.11. The standard InChI is InChI=1S/C20H20N4O3S/c1-24-19(14-7-3-2-4-8-14)22-23-20(24)28-13-18(25)21-11-15-12-26-16-9-5-6-10-17(16)27-15/h2-10,15H,11-13H2,1H3,(H,21,25)/t15-/m0/s1. The van der Waals surface area contributed by atoms with Crippen LogP contribution in [0, 0.1) is 0 Å². The third-order valence-electron chi connectivity index (χ3n) is 4.29. The zero-order valence-corrected chi connectivity index (χ0v) is 16.2. The molecule has 0 saturated heterocycles. The molecule has 4 rings (SSSR count). The van der Waals surface area contributed by atoms with E-state index in [0.29, 0.717) is 24.1 Å². The zero-order chi connectivity index (χ0) is 19.3. The molecular formula is C20H20N4O3S. The summed E-state index contributed by atoms with van der Waals surface area (Å²) >= 11 is 1.35. The van der Waals surface area contributed by atoms with Gasteiger partial charge in [0.05, 0.1) is 12.3 Å². The normalized spacial score (nSPS) is 15.2. The molecule has 2 heterocycles. The Labute approximate surface area is 167 Å². The van der Waals surface area contributed by atoms with Crippen LogP contribution in [0.25, 0.3) is 11.4 Å². The molecule has 0 bridgehead atoms. The summed E-state index contributed by atoms with van der Waals surface area (Å²) < 4.78 is 13.4. The molecule has 144 valence electrons. The van der Waals surface area contributed by atoms with Gasteiger partial charge in [0, 0.05) is 12.6 Å². The Bertz CT molecular complexity index is 961. The van der Waals surface area contributed by atoms with E-state index >= 15 is 0 Å². The van der Waals surface area contributed by atoms with Gasteiger partial charge >= 0.3 is 0 Å². The van der Waals surface area contributed by atoms with Gasteiger partial charge in [-0.3, -0.25) is 4.79 Å². The van der Waals surface area contributed by atoms with Crippen molar-refractivity contribution in [2.45, 2.75) is 11.3 Å². The van der Waals surface area contributed by atoms with E-state index in [1.54, 1.807) is 0 Å². The van der Waals surface area contributed by atoms with E-state index in [-0.39, 0.29) is 17.8 Å². The molecule has 28 heavy (non-hydrogen) atoms. The molecule has 1 N–H and O–H groups in total. The SMILES string of the molecule is Cn1c(SCC(=O)NC[C@H]2COc3ccccc3O2)nnc1-c1ccccc1. The Balaban J connectivity index is 1.27. The molecule has 2 aromatic carbocycles. The van der Waals surface area contributed by atoms with E-state index in [1.807, 2.05) is 66.2 Å². The molecule has 0 aliphatic carbocycles. The van der Waals surface area contributed by atoms with Gasteiger partial charge in [-0.15, -0.1) is 10.2 Å². The fraction of sp³-hybridized carbons (Fsp3) is 0.250. The second kappa shape index (κ2) is 8.35. The molecule has 1 aliphatic rings. The lowest BCUT2D eigenvalue weighted by atomic mass is 10.2. The van der Waals surface area contributed by atoms with Crippen molar-refractivity contribution in [1.82, 2.24) is 20.1 Å². The van der Waals surface area contributed by atoms with Crippen LogP contribution in [0.1, 0.15) is 0 Å². The molecule has 3 aromatic rings. The molecule has 1 aromatic heterocycles. The molecule has 1 aliphatic heterocycles. The van der Waals surface area contributed by atoms with Crippen molar-refractivity contribution in [2.75, 3.05) is 18.9 Å². The van der Waals surface area contributed by atoms with Gasteiger partial charge < -0.3 is 19.4 Å². The summed E-state index contributed by atoms with van der Waals surface area (Å²) in [6.45, 7) is 0.802. The lowest BCUT2D eigenvalue weighted by Crippen LogP contribution is -2.41. The topological polar surface area (TPSA) is 78.3 Å². The minimum Gasteiger partial charge on any atom is -0.486 e. The molecule has 1 atom stereocenters. The second-order valence-electron chi connectivity index (χ2n) is 6.32. The highest BCUT2D eigenvalue weighted by atomic mass is 32.2. The zero-order valence-electron chi connectivity index (χ0n) is 15.4. The highest BCUT2D eigenvalue weighted by Gasteiger charge is 2.21. The fourth-order valence-electron chi connectivity index (χ4n) is 2.85. The van der Waals surface area contributed by atoms with Crippen LogP contribution < -0.4 is 14.8 Å². The Morgan fingerprint density at radius 1 is 1.14 bits per heavy atom. The van der Waals surface area contributed by atoms with E-state index in [1.165, 1.54) is 11.8 Å². The van der Waals surface area contributed by atoms with Gasteiger partial charge in [0.1, 0.15) is 12.7 Å². The lowest BCUT2D eigenvalue weighted by molar-refractivity contribution is -0.119. The summed E-state index contributed by atoms with van der Waals surface area (Å²) in [7, 11) is 1.90. The largest absolute Gasteiger partial charge is 0.486 e. The number of para-hydroxylation sites is 2. The summed E-state index contributed by atoms with van der Waals surface area (Å²) in [5.41, 5.74) is 0.989. The van der Waals surface area contributed by atoms with Crippen molar-refractivity contribution in [3.63, 3.8) is 0 Å². The number of carbonyl (C=O) groups excluding carboxylic acids is 1. The average molecular weight is 396 g/mol. The fourth-order valence-corrected chi connectivity index (χ4v) is 3.59. The molecule has 1 amide bonds. The van der Waals surface area contributed by atoms with Gasteiger partial charge in [-0.25, -0.2) is 0 Å². The van der Waals surface area contributed by atoms with Gasteiger partial charge in [-0.05, 0) is 12.1 Å². The van der Waals surface area contributed by atoms with Crippen LogP contribution in [0.15, 0.2) is 59.8 Å². The van der Waals surface area contributed by atoms with Crippen molar-refractivity contribution in [3.8, 4) is 22.9 Å². The summed E-state index contributed by atoms with van der Waals surface area (Å²) in [5.74, 6) is 2.38. The molecule has 0 saturated carbocycles. The van der Waals surface area contributed by atoms with Gasteiger partial charge in [0.2, 0.25) is 5.91 Å². The van der Waals surface area contributed by atoms with Crippen LogP contribution in [-0.4, -0.2) is 45.7 Å². The van der Waals surface area contributed by atoms with Crippen molar-refractivity contribution in [1.29, 1.82) is 0 Å². The van der Waals surface area contributed by atoms with Crippen LogP contribution in [0.3, 0.4) is 0 Å². The predicted octanol–water partition coefficient (Wildman–Crippen LogP) is 2.53. The van der Waals surface area contributed by atoms with Crippen LogP contribution in [0.5, 0.6) is 11.5 Å². The number of nitrogens with one attached hydrogen (secondary N) is 1. The second-order valence-corrected chi connectivity index (χ2v) is 7.26. The highest BCUT2D eigenvalue weighted by Crippen LogP contribution is 2.30. The van der Waals surface area contributed by atoms with E-state index in [0.717, 1.165) is 17.1 Å². The highest BCUT2D eigenvalue weighted by molar-refractivity contribution is 7.99. The molecule has 0 fully saturated rings. The number of nitrogens with zero attached hydrogens (tertiary/aromatic N) is 3. The first kappa shape index (κ1) is 18.4. The number of aromatic nitrogens is 3. The summed E-state index contributed by atoms with van der Waals surface area (Å²) in [6.07, 6.45) is -0.205. The quantitative estimate of drug-likeness (QED) is 0.645. The van der Waals surface area contributed by atoms with Crippen LogP contribution in [-0.2, 0) is 11.8 Å². The molecule has 0 radical (unpaired) electrons. The Morgan fingerprint density at radius 2 is 1.89 bits per heavy atom. The van der Waals surface area contributed by atoms with Crippen molar-refractivity contribution in [3.05, 3.63) is 54.6 Å². The lowest BCUT2D eigenvalue weighted by Gasteiger charge is -2.26. The molecule has 7 nitrogen and oxygen atoms in total. The van der Waals surface area contributed by atoms with E-state index in [4.69, 9.17) is 9.47 Å². The first-order chi connectivity index (χ1) is 13.7. The summed E-state index contributed by atoms with van der Waals surface area (Å²) in [5, 5.41) is 12.0. The van der Waals surface area contributed by atoms with Crippen molar-refractivity contribution >= 4 is 17.7 Å². The maximum atomic E-state index is 12.2. The van der Waals surface area contributed by atoms with Crippen LogP contribution in [0.4, 0.5) is 0 Å².